The SMILES string of the molecule is CC1CCCN1Cc1cnn(-c2ccc(-c3cccc(F)c3)cc2)c1-c1ccco1. The summed E-state index contributed by atoms with van der Waals surface area (Å²) >= 11 is 0. The van der Waals surface area contributed by atoms with E-state index in [-0.39, 0.29) is 5.82 Å². The topological polar surface area (TPSA) is 34.2 Å². The van der Waals surface area contributed by atoms with Crippen molar-refractivity contribution in [3.8, 4) is 28.3 Å². The normalized spacial score (nSPS) is 16.9. The summed E-state index contributed by atoms with van der Waals surface area (Å²) in [5, 5.41) is 4.70. The lowest BCUT2D eigenvalue weighted by molar-refractivity contribution is 0.260. The van der Waals surface area contributed by atoms with Crippen LogP contribution in [-0.2, 0) is 6.54 Å². The molecule has 1 saturated heterocycles. The molecule has 5 rings (SSSR count). The van der Waals surface area contributed by atoms with Crippen LogP contribution in [0, 0.1) is 5.82 Å². The Balaban J connectivity index is 1.51. The molecule has 152 valence electrons. The first-order chi connectivity index (χ1) is 14.7. The van der Waals surface area contributed by atoms with Crippen molar-refractivity contribution < 1.29 is 8.81 Å². The number of likely N-dealkylation sites (tertiary alicyclic amines) is 1. The van der Waals surface area contributed by atoms with Gasteiger partial charge in [0, 0.05) is 18.2 Å². The first-order valence-corrected chi connectivity index (χ1v) is 10.4. The quantitative estimate of drug-likeness (QED) is 0.416. The predicted molar refractivity (Wildman–Crippen MR) is 116 cm³/mol. The minimum atomic E-state index is -0.232. The molecule has 0 N–H and O–H groups in total. The van der Waals surface area contributed by atoms with Crippen LogP contribution in [0.25, 0.3) is 28.3 Å². The zero-order chi connectivity index (χ0) is 20.5. The van der Waals surface area contributed by atoms with Gasteiger partial charge in [-0.05, 0) is 73.8 Å². The molecule has 2 aromatic carbocycles. The van der Waals surface area contributed by atoms with Crippen molar-refractivity contribution in [3.05, 3.63) is 84.5 Å². The summed E-state index contributed by atoms with van der Waals surface area (Å²) in [6, 6.07) is 19.1. The van der Waals surface area contributed by atoms with Crippen molar-refractivity contribution in [3.63, 3.8) is 0 Å². The van der Waals surface area contributed by atoms with Gasteiger partial charge in [0.15, 0.2) is 5.76 Å². The summed E-state index contributed by atoms with van der Waals surface area (Å²) < 4.78 is 21.3. The zero-order valence-corrected chi connectivity index (χ0v) is 17.0. The molecule has 1 aliphatic rings. The van der Waals surface area contributed by atoms with E-state index >= 15 is 0 Å². The Labute approximate surface area is 175 Å². The highest BCUT2D eigenvalue weighted by Gasteiger charge is 2.24. The zero-order valence-electron chi connectivity index (χ0n) is 17.0. The van der Waals surface area contributed by atoms with E-state index in [1.807, 2.05) is 53.3 Å². The molecule has 0 bridgehead atoms. The molecule has 3 heterocycles. The lowest BCUT2D eigenvalue weighted by atomic mass is 10.1. The van der Waals surface area contributed by atoms with Gasteiger partial charge in [0.25, 0.3) is 0 Å². The van der Waals surface area contributed by atoms with Gasteiger partial charge in [0.1, 0.15) is 11.5 Å². The van der Waals surface area contributed by atoms with E-state index in [1.54, 1.807) is 18.4 Å². The highest BCUT2D eigenvalue weighted by atomic mass is 19.1. The summed E-state index contributed by atoms with van der Waals surface area (Å²) in [4.78, 5) is 2.50. The lowest BCUT2D eigenvalue weighted by Crippen LogP contribution is -2.26. The largest absolute Gasteiger partial charge is 0.463 e. The number of rotatable bonds is 5. The molecule has 0 radical (unpaired) electrons. The van der Waals surface area contributed by atoms with Gasteiger partial charge in [0.05, 0.1) is 18.1 Å². The van der Waals surface area contributed by atoms with E-state index in [1.165, 1.54) is 18.9 Å². The van der Waals surface area contributed by atoms with Crippen LogP contribution in [0.15, 0.2) is 77.5 Å². The van der Waals surface area contributed by atoms with E-state index in [9.17, 15) is 4.39 Å². The maximum absolute atomic E-state index is 13.6. The van der Waals surface area contributed by atoms with Crippen molar-refractivity contribution in [2.45, 2.75) is 32.4 Å². The molecule has 0 aliphatic carbocycles. The van der Waals surface area contributed by atoms with Crippen LogP contribution in [0.5, 0.6) is 0 Å². The summed E-state index contributed by atoms with van der Waals surface area (Å²) in [6.07, 6.45) is 6.13. The predicted octanol–water partition coefficient (Wildman–Crippen LogP) is 5.92. The fraction of sp³-hybridized carbons (Fsp3) is 0.240. The third-order valence-corrected chi connectivity index (χ3v) is 5.93. The standard InChI is InChI=1S/C25H24FN3O/c1-18-5-3-13-28(18)17-21-16-27-29(25(21)24-8-4-14-30-24)23-11-9-19(10-12-23)20-6-2-7-22(26)15-20/h2,4,6-12,14-16,18H,3,5,13,17H2,1H3. The second kappa shape index (κ2) is 7.92. The van der Waals surface area contributed by atoms with Crippen molar-refractivity contribution >= 4 is 0 Å². The van der Waals surface area contributed by atoms with E-state index in [0.29, 0.717) is 6.04 Å². The molecule has 1 atom stereocenters. The number of hydrogen-bond donors (Lipinski definition) is 0. The van der Waals surface area contributed by atoms with Gasteiger partial charge in [-0.2, -0.15) is 5.10 Å². The summed E-state index contributed by atoms with van der Waals surface area (Å²) in [5.41, 5.74) is 4.92. The Hall–Kier alpha value is -3.18. The molecule has 30 heavy (non-hydrogen) atoms. The Morgan fingerprint density at radius 1 is 1.07 bits per heavy atom. The monoisotopic (exact) mass is 401 g/mol. The second-order valence-electron chi connectivity index (χ2n) is 7.93. The molecule has 1 unspecified atom stereocenters. The highest BCUT2D eigenvalue weighted by molar-refractivity contribution is 5.66. The number of halogens is 1. The first-order valence-electron chi connectivity index (χ1n) is 10.4. The van der Waals surface area contributed by atoms with Crippen LogP contribution in [-0.4, -0.2) is 27.3 Å². The first kappa shape index (κ1) is 18.8. The third kappa shape index (κ3) is 3.57. The maximum Gasteiger partial charge on any atom is 0.152 e. The van der Waals surface area contributed by atoms with Crippen molar-refractivity contribution in [2.24, 2.45) is 0 Å². The Bertz CT molecular complexity index is 1130. The lowest BCUT2D eigenvalue weighted by Gasteiger charge is -2.20. The minimum Gasteiger partial charge on any atom is -0.463 e. The van der Waals surface area contributed by atoms with Gasteiger partial charge in [-0.3, -0.25) is 4.90 Å². The van der Waals surface area contributed by atoms with Crippen LogP contribution >= 0.6 is 0 Å². The van der Waals surface area contributed by atoms with Crippen LogP contribution in [0.4, 0.5) is 4.39 Å². The van der Waals surface area contributed by atoms with E-state index in [4.69, 9.17) is 9.52 Å². The molecule has 0 spiro atoms. The number of nitrogens with zero attached hydrogens (tertiary/aromatic N) is 3. The molecule has 0 saturated carbocycles. The molecule has 2 aromatic heterocycles. The number of furan rings is 1. The van der Waals surface area contributed by atoms with Gasteiger partial charge in [0.2, 0.25) is 0 Å². The number of hydrogen-bond acceptors (Lipinski definition) is 3. The Morgan fingerprint density at radius 2 is 1.93 bits per heavy atom. The van der Waals surface area contributed by atoms with E-state index in [0.717, 1.165) is 46.9 Å². The Morgan fingerprint density at radius 3 is 2.63 bits per heavy atom. The Kier molecular flexibility index (Phi) is 4.97. The molecule has 5 heteroatoms. The van der Waals surface area contributed by atoms with Gasteiger partial charge in [-0.15, -0.1) is 0 Å². The molecule has 4 nitrogen and oxygen atoms in total. The van der Waals surface area contributed by atoms with Gasteiger partial charge >= 0.3 is 0 Å². The average Bonchev–Trinajstić information content (AvgIpc) is 3.50. The second-order valence-corrected chi connectivity index (χ2v) is 7.93. The molecule has 4 aromatic rings. The van der Waals surface area contributed by atoms with Crippen molar-refractivity contribution in [2.75, 3.05) is 6.54 Å². The highest BCUT2D eigenvalue weighted by Crippen LogP contribution is 2.31. The smallest absolute Gasteiger partial charge is 0.152 e. The summed E-state index contributed by atoms with van der Waals surface area (Å²) in [7, 11) is 0. The number of aromatic nitrogens is 2. The van der Waals surface area contributed by atoms with Crippen LogP contribution in [0.1, 0.15) is 25.3 Å². The van der Waals surface area contributed by atoms with Gasteiger partial charge in [-0.1, -0.05) is 24.3 Å². The summed E-state index contributed by atoms with van der Waals surface area (Å²) in [5.74, 6) is 0.577. The average molecular weight is 401 g/mol. The van der Waals surface area contributed by atoms with Crippen molar-refractivity contribution in [1.82, 2.24) is 14.7 Å². The van der Waals surface area contributed by atoms with Gasteiger partial charge in [-0.25, -0.2) is 9.07 Å². The number of benzene rings is 2. The van der Waals surface area contributed by atoms with Crippen molar-refractivity contribution in [1.29, 1.82) is 0 Å². The minimum absolute atomic E-state index is 0.232. The molecular formula is C25H24FN3O. The maximum atomic E-state index is 13.6. The fourth-order valence-corrected chi connectivity index (χ4v) is 4.28. The molecule has 1 fully saturated rings. The fourth-order valence-electron chi connectivity index (χ4n) is 4.28. The van der Waals surface area contributed by atoms with Crippen LogP contribution in [0.2, 0.25) is 0 Å². The van der Waals surface area contributed by atoms with Crippen LogP contribution in [0.3, 0.4) is 0 Å². The molecule has 1 aliphatic heterocycles. The van der Waals surface area contributed by atoms with Gasteiger partial charge < -0.3 is 4.42 Å². The summed E-state index contributed by atoms with van der Waals surface area (Å²) in [6.45, 7) is 4.26. The third-order valence-electron chi connectivity index (χ3n) is 5.93. The van der Waals surface area contributed by atoms with E-state index in [2.05, 4.69) is 11.8 Å². The molecular weight excluding hydrogens is 377 g/mol. The molecule has 0 amide bonds. The van der Waals surface area contributed by atoms with Crippen LogP contribution < -0.4 is 0 Å². The van der Waals surface area contributed by atoms with E-state index < -0.39 is 0 Å².